The van der Waals surface area contributed by atoms with E-state index in [0.29, 0.717) is 6.61 Å². The minimum Gasteiger partial charge on any atom is -0.490 e. The van der Waals surface area contributed by atoms with Gasteiger partial charge < -0.3 is 10.5 Å². The lowest BCUT2D eigenvalue weighted by Gasteiger charge is -2.14. The van der Waals surface area contributed by atoms with Crippen LogP contribution in [0.1, 0.15) is 5.56 Å². The normalized spacial score (nSPS) is 12.9. The molecule has 1 atom stereocenters. The van der Waals surface area contributed by atoms with Crippen molar-refractivity contribution in [2.75, 3.05) is 6.61 Å². The van der Waals surface area contributed by atoms with Gasteiger partial charge in [0.25, 0.3) is 0 Å². The summed E-state index contributed by atoms with van der Waals surface area (Å²) in [5.41, 5.74) is 7.93. The number of pyridine rings is 1. The monoisotopic (exact) mass is 230 g/mol. The molecule has 0 radical (unpaired) electrons. The Balaban J connectivity index is 2.58. The Labute approximate surface area is 102 Å². The van der Waals surface area contributed by atoms with Gasteiger partial charge in [0.05, 0.1) is 12.2 Å². The Morgan fingerprint density at radius 3 is 2.88 bits per heavy atom. The van der Waals surface area contributed by atoms with E-state index in [2.05, 4.69) is 18.1 Å². The van der Waals surface area contributed by atoms with Crippen LogP contribution >= 0.6 is 0 Å². The topological polar surface area (TPSA) is 48.1 Å². The summed E-state index contributed by atoms with van der Waals surface area (Å²) in [7, 11) is 0. The van der Waals surface area contributed by atoms with E-state index in [0.717, 1.165) is 16.9 Å². The number of hydrogen-bond acceptors (Lipinski definition) is 3. The number of hydrogen-bond donors (Lipinski definition) is 1. The molecule has 0 aromatic carbocycles. The van der Waals surface area contributed by atoms with Crippen molar-refractivity contribution in [2.45, 2.75) is 13.0 Å². The minimum absolute atomic E-state index is 0.217. The summed E-state index contributed by atoms with van der Waals surface area (Å²) >= 11 is 0. The molecule has 1 unspecified atom stereocenters. The summed E-state index contributed by atoms with van der Waals surface area (Å²) in [6, 6.07) is 1.70. The molecule has 0 spiro atoms. The zero-order valence-electron chi connectivity index (χ0n) is 10.1. The third-order valence-corrected chi connectivity index (χ3v) is 2.25. The third kappa shape index (κ3) is 4.25. The van der Waals surface area contributed by atoms with Gasteiger partial charge >= 0.3 is 0 Å². The molecule has 2 N–H and O–H groups in total. The third-order valence-electron chi connectivity index (χ3n) is 2.25. The van der Waals surface area contributed by atoms with Crippen LogP contribution in [0.2, 0.25) is 0 Å². The van der Waals surface area contributed by atoms with Gasteiger partial charge in [-0.1, -0.05) is 31.4 Å². The van der Waals surface area contributed by atoms with E-state index in [1.165, 1.54) is 0 Å². The second-order valence-corrected chi connectivity index (χ2v) is 3.72. The first kappa shape index (κ1) is 13.2. The minimum atomic E-state index is -0.217. The highest BCUT2D eigenvalue weighted by molar-refractivity contribution is 5.27. The van der Waals surface area contributed by atoms with Crippen LogP contribution in [0.25, 0.3) is 0 Å². The van der Waals surface area contributed by atoms with Crippen molar-refractivity contribution in [1.82, 2.24) is 4.98 Å². The predicted molar refractivity (Wildman–Crippen MR) is 70.9 cm³/mol. The van der Waals surface area contributed by atoms with E-state index in [9.17, 15) is 0 Å². The van der Waals surface area contributed by atoms with Gasteiger partial charge in [0, 0.05) is 6.20 Å². The quantitative estimate of drug-likeness (QED) is 0.763. The number of nitrogens with zero attached hydrogens (tertiary/aromatic N) is 1. The number of ether oxygens (including phenoxy) is 1. The van der Waals surface area contributed by atoms with Crippen LogP contribution < -0.4 is 10.5 Å². The van der Waals surface area contributed by atoms with Crippen LogP contribution in [0.5, 0.6) is 5.75 Å². The highest BCUT2D eigenvalue weighted by atomic mass is 16.5. The molecule has 0 aliphatic rings. The Kier molecular flexibility index (Phi) is 5.17. The maximum atomic E-state index is 5.97. The highest BCUT2D eigenvalue weighted by Gasteiger charge is 2.06. The number of nitrogens with two attached hydrogens (primary N) is 1. The first-order valence-electron chi connectivity index (χ1n) is 5.42. The molecule has 3 heteroatoms. The summed E-state index contributed by atoms with van der Waals surface area (Å²) < 4.78 is 5.57. The molecule has 1 rings (SSSR count). The molecule has 0 amide bonds. The fourth-order valence-electron chi connectivity index (χ4n) is 1.37. The van der Waals surface area contributed by atoms with E-state index in [1.807, 2.05) is 19.1 Å². The molecule has 3 nitrogen and oxygen atoms in total. The van der Waals surface area contributed by atoms with Crippen molar-refractivity contribution < 1.29 is 4.74 Å². The molecule has 90 valence electrons. The number of aryl methyl sites for hydroxylation is 1. The molecular weight excluding hydrogens is 212 g/mol. The van der Waals surface area contributed by atoms with Crippen molar-refractivity contribution in [3.05, 3.63) is 61.0 Å². The van der Waals surface area contributed by atoms with Crippen LogP contribution in [-0.4, -0.2) is 17.6 Å². The van der Waals surface area contributed by atoms with Gasteiger partial charge in [-0.3, -0.25) is 4.98 Å². The lowest BCUT2D eigenvalue weighted by Crippen LogP contribution is -2.29. The van der Waals surface area contributed by atoms with Crippen LogP contribution in [0.4, 0.5) is 0 Å². The van der Waals surface area contributed by atoms with Gasteiger partial charge in [0.15, 0.2) is 0 Å². The molecule has 17 heavy (non-hydrogen) atoms. The molecule has 1 aromatic rings. The largest absolute Gasteiger partial charge is 0.490 e. The summed E-state index contributed by atoms with van der Waals surface area (Å²) in [4.78, 5) is 4.05. The van der Waals surface area contributed by atoms with Gasteiger partial charge in [-0.05, 0) is 24.1 Å². The molecule has 1 heterocycles. The lowest BCUT2D eigenvalue weighted by molar-refractivity contribution is 0.302. The van der Waals surface area contributed by atoms with Crippen molar-refractivity contribution >= 4 is 0 Å². The average molecular weight is 230 g/mol. The maximum Gasteiger partial charge on any atom is 0.137 e. The molecule has 0 aliphatic carbocycles. The lowest BCUT2D eigenvalue weighted by atomic mass is 10.1. The summed E-state index contributed by atoms with van der Waals surface area (Å²) in [5, 5.41) is 0. The summed E-state index contributed by atoms with van der Waals surface area (Å²) in [6.07, 6.45) is 8.68. The highest BCUT2D eigenvalue weighted by Crippen LogP contribution is 2.11. The first-order valence-corrected chi connectivity index (χ1v) is 5.42. The van der Waals surface area contributed by atoms with Crippen LogP contribution in [-0.2, 0) is 0 Å². The van der Waals surface area contributed by atoms with Crippen molar-refractivity contribution in [3.8, 4) is 5.75 Å². The zero-order valence-corrected chi connectivity index (χ0v) is 10.1. The first-order chi connectivity index (χ1) is 8.17. The van der Waals surface area contributed by atoms with Crippen LogP contribution in [0, 0.1) is 6.92 Å². The molecule has 0 saturated heterocycles. The number of allylic oxidation sites excluding steroid dienone is 2. The van der Waals surface area contributed by atoms with E-state index in [4.69, 9.17) is 10.5 Å². The molecule has 1 aromatic heterocycles. The Morgan fingerprint density at radius 1 is 1.53 bits per heavy atom. The van der Waals surface area contributed by atoms with E-state index in [-0.39, 0.29) is 6.04 Å². The van der Waals surface area contributed by atoms with Gasteiger partial charge in [0.1, 0.15) is 12.4 Å². The van der Waals surface area contributed by atoms with Gasteiger partial charge in [-0.25, -0.2) is 0 Å². The SMILES string of the molecule is C=C/C=C(\C=C)C(N)COc1cncc(C)c1. The standard InChI is InChI=1S/C14H18N2O/c1-4-6-12(5-2)14(15)10-17-13-7-11(3)8-16-9-13/h4-9,14H,1-2,10,15H2,3H3/b12-6+. The fourth-order valence-corrected chi connectivity index (χ4v) is 1.37. The van der Waals surface area contributed by atoms with Crippen LogP contribution in [0.3, 0.4) is 0 Å². The molecule has 0 bridgehead atoms. The Morgan fingerprint density at radius 2 is 2.29 bits per heavy atom. The molecular formula is C14H18N2O. The van der Waals surface area contributed by atoms with E-state index in [1.54, 1.807) is 24.5 Å². The van der Waals surface area contributed by atoms with Gasteiger partial charge in [-0.2, -0.15) is 0 Å². The Bertz CT molecular complexity index is 424. The van der Waals surface area contributed by atoms with Gasteiger partial charge in [-0.15, -0.1) is 0 Å². The summed E-state index contributed by atoms with van der Waals surface area (Å²) in [6.45, 7) is 9.69. The number of rotatable bonds is 6. The second-order valence-electron chi connectivity index (χ2n) is 3.72. The summed E-state index contributed by atoms with van der Waals surface area (Å²) in [5.74, 6) is 0.725. The predicted octanol–water partition coefficient (Wildman–Crippen LogP) is 2.39. The van der Waals surface area contributed by atoms with Crippen molar-refractivity contribution in [2.24, 2.45) is 5.73 Å². The molecule has 0 fully saturated rings. The smallest absolute Gasteiger partial charge is 0.137 e. The maximum absolute atomic E-state index is 5.97. The number of aromatic nitrogens is 1. The van der Waals surface area contributed by atoms with Crippen molar-refractivity contribution in [1.29, 1.82) is 0 Å². The van der Waals surface area contributed by atoms with Gasteiger partial charge in [0.2, 0.25) is 0 Å². The van der Waals surface area contributed by atoms with Crippen molar-refractivity contribution in [3.63, 3.8) is 0 Å². The second kappa shape index (κ2) is 6.66. The average Bonchev–Trinajstić information content (AvgIpc) is 2.33. The molecule has 0 aliphatic heterocycles. The fraction of sp³-hybridized carbons (Fsp3) is 0.214. The van der Waals surface area contributed by atoms with Crippen LogP contribution in [0.15, 0.2) is 55.4 Å². The molecule has 0 saturated carbocycles. The Hall–Kier alpha value is -1.87. The van der Waals surface area contributed by atoms with E-state index < -0.39 is 0 Å². The zero-order chi connectivity index (χ0) is 12.7. The van der Waals surface area contributed by atoms with E-state index >= 15 is 0 Å².